The zero-order valence-electron chi connectivity index (χ0n) is 5.18. The third-order valence-corrected chi connectivity index (χ3v) is 1.23. The summed E-state index contributed by atoms with van der Waals surface area (Å²) in [7, 11) is 3.38. The molecule has 2 unspecified atom stereocenters. The van der Waals surface area contributed by atoms with Crippen molar-refractivity contribution in [3.8, 4) is 0 Å². The Labute approximate surface area is 49.0 Å². The van der Waals surface area contributed by atoms with Crippen molar-refractivity contribution in [3.63, 3.8) is 0 Å². The topological polar surface area (TPSA) is 40.4 Å². The Bertz CT molecular complexity index is 76.8. The summed E-state index contributed by atoms with van der Waals surface area (Å²) >= 11 is 0. The first-order valence-corrected chi connectivity index (χ1v) is 2.66. The van der Waals surface area contributed by atoms with E-state index in [1.165, 1.54) is 0 Å². The van der Waals surface area contributed by atoms with E-state index in [1.807, 2.05) is 0 Å². The Morgan fingerprint density at radius 3 is 2.62 bits per heavy atom. The molecule has 1 aliphatic rings. The van der Waals surface area contributed by atoms with Crippen LogP contribution in [0.25, 0.3) is 0 Å². The monoisotopic (exact) mass is 117 g/mol. The molecule has 2 atom stereocenters. The van der Waals surface area contributed by atoms with Gasteiger partial charge in [0.2, 0.25) is 0 Å². The maximum absolute atomic E-state index is 4.94. The van der Waals surface area contributed by atoms with E-state index >= 15 is 0 Å². The standard InChI is InChI=1S/C5H11NO2/c1-7-3-4-5(6-4)8-2/h4-6H,3H2,1-2H3. The van der Waals surface area contributed by atoms with Crippen LogP contribution < -0.4 is 5.32 Å². The second kappa shape index (κ2) is 2.44. The molecule has 8 heavy (non-hydrogen) atoms. The third-order valence-electron chi connectivity index (χ3n) is 1.23. The highest BCUT2D eigenvalue weighted by Crippen LogP contribution is 2.09. The molecule has 1 rings (SSSR count). The zero-order valence-corrected chi connectivity index (χ0v) is 5.18. The van der Waals surface area contributed by atoms with Gasteiger partial charge in [-0.15, -0.1) is 0 Å². The lowest BCUT2D eigenvalue weighted by atomic mass is 10.5. The van der Waals surface area contributed by atoms with Crippen LogP contribution in [0.3, 0.4) is 0 Å². The maximum atomic E-state index is 4.94. The first kappa shape index (κ1) is 6.01. The van der Waals surface area contributed by atoms with E-state index in [-0.39, 0.29) is 6.23 Å². The van der Waals surface area contributed by atoms with Crippen LogP contribution in [-0.2, 0) is 9.47 Å². The molecule has 0 aromatic rings. The van der Waals surface area contributed by atoms with Gasteiger partial charge in [-0.25, -0.2) is 0 Å². The molecule has 0 aromatic heterocycles. The van der Waals surface area contributed by atoms with E-state index in [0.29, 0.717) is 6.04 Å². The number of ether oxygens (including phenoxy) is 2. The molecule has 3 heteroatoms. The fourth-order valence-electron chi connectivity index (χ4n) is 0.703. The third kappa shape index (κ3) is 1.18. The average Bonchev–Trinajstić information content (AvgIpc) is 2.48. The second-order valence-electron chi connectivity index (χ2n) is 1.88. The van der Waals surface area contributed by atoms with Gasteiger partial charge in [-0.05, 0) is 0 Å². The second-order valence-corrected chi connectivity index (χ2v) is 1.88. The average molecular weight is 117 g/mol. The fraction of sp³-hybridized carbons (Fsp3) is 1.00. The van der Waals surface area contributed by atoms with Crippen LogP contribution in [0.2, 0.25) is 0 Å². The number of hydrogen-bond acceptors (Lipinski definition) is 3. The number of methoxy groups -OCH3 is 2. The Balaban J connectivity index is 1.99. The largest absolute Gasteiger partial charge is 0.383 e. The van der Waals surface area contributed by atoms with Gasteiger partial charge in [0, 0.05) is 14.2 Å². The quantitative estimate of drug-likeness (QED) is 0.510. The van der Waals surface area contributed by atoms with Crippen molar-refractivity contribution in [2.24, 2.45) is 0 Å². The van der Waals surface area contributed by atoms with E-state index in [9.17, 15) is 0 Å². The summed E-state index contributed by atoms with van der Waals surface area (Å²) in [6, 6.07) is 0.435. The Hall–Kier alpha value is -0.120. The summed E-state index contributed by atoms with van der Waals surface area (Å²) in [5.74, 6) is 0. The van der Waals surface area contributed by atoms with Crippen LogP contribution >= 0.6 is 0 Å². The number of nitrogens with one attached hydrogen (secondary N) is 1. The van der Waals surface area contributed by atoms with E-state index in [1.54, 1.807) is 14.2 Å². The molecule has 0 bridgehead atoms. The first-order chi connectivity index (χ1) is 3.88. The molecule has 3 nitrogen and oxygen atoms in total. The summed E-state index contributed by atoms with van der Waals surface area (Å²) in [6.07, 6.45) is 0.245. The number of rotatable bonds is 3. The molecule has 0 amide bonds. The van der Waals surface area contributed by atoms with Crippen LogP contribution in [0.1, 0.15) is 0 Å². The van der Waals surface area contributed by atoms with Crippen molar-refractivity contribution in [1.29, 1.82) is 0 Å². The first-order valence-electron chi connectivity index (χ1n) is 2.66. The summed E-state index contributed by atoms with van der Waals surface area (Å²) in [4.78, 5) is 0. The highest BCUT2D eigenvalue weighted by Gasteiger charge is 2.35. The fourth-order valence-corrected chi connectivity index (χ4v) is 0.703. The maximum Gasteiger partial charge on any atom is 0.125 e. The predicted octanol–water partition coefficient (Wildman–Crippen LogP) is -0.423. The van der Waals surface area contributed by atoms with Gasteiger partial charge in [0.05, 0.1) is 12.6 Å². The molecule has 0 spiro atoms. The van der Waals surface area contributed by atoms with Crippen molar-refractivity contribution in [3.05, 3.63) is 0 Å². The van der Waals surface area contributed by atoms with Gasteiger partial charge in [-0.2, -0.15) is 0 Å². The molecule has 1 heterocycles. The molecule has 0 aliphatic carbocycles. The number of hydrogen-bond donors (Lipinski definition) is 1. The van der Waals surface area contributed by atoms with E-state index in [0.717, 1.165) is 6.61 Å². The molecular weight excluding hydrogens is 106 g/mol. The molecule has 0 radical (unpaired) electrons. The van der Waals surface area contributed by atoms with Gasteiger partial charge >= 0.3 is 0 Å². The van der Waals surface area contributed by atoms with Crippen molar-refractivity contribution < 1.29 is 9.47 Å². The Morgan fingerprint density at radius 2 is 2.25 bits per heavy atom. The summed E-state index contributed by atoms with van der Waals surface area (Å²) in [5, 5.41) is 3.07. The summed E-state index contributed by atoms with van der Waals surface area (Å²) < 4.78 is 9.79. The minimum Gasteiger partial charge on any atom is -0.383 e. The highest BCUT2D eigenvalue weighted by atomic mass is 16.5. The van der Waals surface area contributed by atoms with Gasteiger partial charge in [0.1, 0.15) is 6.23 Å². The molecular formula is C5H11NO2. The molecule has 1 fully saturated rings. The van der Waals surface area contributed by atoms with Crippen LogP contribution in [-0.4, -0.2) is 33.1 Å². The van der Waals surface area contributed by atoms with Crippen molar-refractivity contribution in [2.45, 2.75) is 12.3 Å². The normalized spacial score (nSPS) is 35.2. The van der Waals surface area contributed by atoms with Crippen molar-refractivity contribution >= 4 is 0 Å². The molecule has 0 aromatic carbocycles. The zero-order chi connectivity index (χ0) is 5.98. The molecule has 1 saturated heterocycles. The van der Waals surface area contributed by atoms with Crippen LogP contribution in [0.15, 0.2) is 0 Å². The van der Waals surface area contributed by atoms with E-state index in [2.05, 4.69) is 5.32 Å². The van der Waals surface area contributed by atoms with Gasteiger partial charge in [0.15, 0.2) is 0 Å². The van der Waals surface area contributed by atoms with Crippen LogP contribution in [0, 0.1) is 0 Å². The molecule has 48 valence electrons. The van der Waals surface area contributed by atoms with E-state index < -0.39 is 0 Å². The lowest BCUT2D eigenvalue weighted by Gasteiger charge is -1.90. The van der Waals surface area contributed by atoms with Gasteiger partial charge < -0.3 is 9.47 Å². The SMILES string of the molecule is COCC1NC1OC. The molecule has 1 aliphatic heterocycles. The summed E-state index contributed by atoms with van der Waals surface area (Å²) in [6.45, 7) is 0.749. The van der Waals surface area contributed by atoms with Crippen LogP contribution in [0.4, 0.5) is 0 Å². The molecule has 0 saturated carbocycles. The minimum absolute atomic E-state index is 0.245. The van der Waals surface area contributed by atoms with Crippen LogP contribution in [0.5, 0.6) is 0 Å². The summed E-state index contributed by atoms with van der Waals surface area (Å²) in [5.41, 5.74) is 0. The minimum atomic E-state index is 0.245. The Morgan fingerprint density at radius 1 is 1.50 bits per heavy atom. The molecule has 1 N–H and O–H groups in total. The lowest BCUT2D eigenvalue weighted by molar-refractivity contribution is 0.145. The van der Waals surface area contributed by atoms with Gasteiger partial charge in [0.25, 0.3) is 0 Å². The predicted molar refractivity (Wildman–Crippen MR) is 29.6 cm³/mol. The van der Waals surface area contributed by atoms with Gasteiger partial charge in [-0.3, -0.25) is 5.32 Å². The smallest absolute Gasteiger partial charge is 0.125 e. The van der Waals surface area contributed by atoms with Crippen molar-refractivity contribution in [1.82, 2.24) is 5.32 Å². The van der Waals surface area contributed by atoms with E-state index in [4.69, 9.17) is 9.47 Å². The lowest BCUT2D eigenvalue weighted by Crippen LogP contribution is -2.03. The highest BCUT2D eigenvalue weighted by molar-refractivity contribution is 4.89. The van der Waals surface area contributed by atoms with Crippen molar-refractivity contribution in [2.75, 3.05) is 20.8 Å². The van der Waals surface area contributed by atoms with Gasteiger partial charge in [-0.1, -0.05) is 0 Å². The Kier molecular flexibility index (Phi) is 1.83.